The molecule has 1 aliphatic rings. The van der Waals surface area contributed by atoms with Crippen molar-refractivity contribution in [2.45, 2.75) is 65.8 Å². The fraction of sp³-hybridized carbons (Fsp3) is 0.519. The van der Waals surface area contributed by atoms with Crippen LogP contribution in [0.4, 0.5) is 0 Å². The molecule has 31 heavy (non-hydrogen) atoms. The Hall–Kier alpha value is -2.17. The Morgan fingerprint density at radius 1 is 1.03 bits per heavy atom. The zero-order valence-electron chi connectivity index (χ0n) is 19.6. The second kappa shape index (κ2) is 9.97. The first-order chi connectivity index (χ1) is 14.8. The Kier molecular flexibility index (Phi) is 7.55. The van der Waals surface area contributed by atoms with Crippen LogP contribution in [0, 0.1) is 11.3 Å². The molecule has 1 saturated heterocycles. The molecule has 0 spiro atoms. The number of carbonyl (C=O) groups is 1. The summed E-state index contributed by atoms with van der Waals surface area (Å²) in [5.41, 5.74) is 1.25. The van der Waals surface area contributed by atoms with Gasteiger partial charge in [0.25, 0.3) is 0 Å². The van der Waals surface area contributed by atoms with Gasteiger partial charge in [0.15, 0.2) is 0 Å². The first-order valence-corrected chi connectivity index (χ1v) is 11.4. The highest BCUT2D eigenvalue weighted by atomic mass is 16.6. The van der Waals surface area contributed by atoms with E-state index in [0.29, 0.717) is 19.1 Å². The van der Waals surface area contributed by atoms with Crippen molar-refractivity contribution in [1.82, 2.24) is 4.90 Å². The number of hydrogen-bond donors (Lipinski definition) is 0. The fourth-order valence-corrected chi connectivity index (χ4v) is 4.52. The van der Waals surface area contributed by atoms with E-state index in [-0.39, 0.29) is 12.0 Å². The third kappa shape index (κ3) is 5.36. The summed E-state index contributed by atoms with van der Waals surface area (Å²) in [6.07, 6.45) is 0.947. The molecule has 0 aromatic heterocycles. The van der Waals surface area contributed by atoms with Gasteiger partial charge in [-0.1, -0.05) is 74.5 Å². The van der Waals surface area contributed by atoms with Crippen LogP contribution in [0.3, 0.4) is 0 Å². The van der Waals surface area contributed by atoms with Crippen LogP contribution in [0.25, 0.3) is 0 Å². The van der Waals surface area contributed by atoms with Crippen molar-refractivity contribution in [3.63, 3.8) is 0 Å². The molecular weight excluding hydrogens is 386 g/mol. The number of esters is 1. The van der Waals surface area contributed by atoms with Crippen LogP contribution < -0.4 is 0 Å². The van der Waals surface area contributed by atoms with E-state index in [4.69, 9.17) is 9.47 Å². The van der Waals surface area contributed by atoms with Crippen molar-refractivity contribution < 1.29 is 14.3 Å². The Bertz CT molecular complexity index is 787. The first-order valence-electron chi connectivity index (χ1n) is 11.4. The molecule has 4 nitrogen and oxygen atoms in total. The van der Waals surface area contributed by atoms with Gasteiger partial charge in [0.1, 0.15) is 5.60 Å². The summed E-state index contributed by atoms with van der Waals surface area (Å²) in [7, 11) is 0. The van der Waals surface area contributed by atoms with E-state index in [1.807, 2.05) is 32.9 Å². The Morgan fingerprint density at radius 3 is 1.90 bits per heavy atom. The molecule has 1 heterocycles. The third-order valence-electron chi connectivity index (χ3n) is 6.43. The van der Waals surface area contributed by atoms with Gasteiger partial charge in [-0.15, -0.1) is 0 Å². The summed E-state index contributed by atoms with van der Waals surface area (Å²) in [5.74, 6) is 0.291. The molecule has 168 valence electrons. The summed E-state index contributed by atoms with van der Waals surface area (Å²) in [4.78, 5) is 15.5. The largest absolute Gasteiger partial charge is 0.465 e. The summed E-state index contributed by atoms with van der Waals surface area (Å²) < 4.78 is 11.7. The van der Waals surface area contributed by atoms with Crippen LogP contribution in [0.1, 0.15) is 52.2 Å². The topological polar surface area (TPSA) is 42.1 Å². The maximum Gasteiger partial charge on any atom is 0.314 e. The number of hydrogen-bond acceptors (Lipinski definition) is 4. The Morgan fingerprint density at radius 2 is 1.52 bits per heavy atom. The van der Waals surface area contributed by atoms with E-state index in [9.17, 15) is 4.79 Å². The molecule has 0 bridgehead atoms. The summed E-state index contributed by atoms with van der Waals surface area (Å²) >= 11 is 0. The van der Waals surface area contributed by atoms with Crippen LogP contribution in [0.15, 0.2) is 60.7 Å². The summed E-state index contributed by atoms with van der Waals surface area (Å²) in [5, 5.41) is 0. The van der Waals surface area contributed by atoms with Gasteiger partial charge in [0, 0.05) is 19.1 Å². The molecule has 4 heteroatoms. The van der Waals surface area contributed by atoms with Crippen LogP contribution >= 0.6 is 0 Å². The molecule has 2 aromatic carbocycles. The van der Waals surface area contributed by atoms with Crippen molar-refractivity contribution >= 4 is 5.97 Å². The molecule has 0 unspecified atom stereocenters. The zero-order valence-corrected chi connectivity index (χ0v) is 19.6. The van der Waals surface area contributed by atoms with Gasteiger partial charge in [-0.05, 0) is 44.2 Å². The lowest BCUT2D eigenvalue weighted by Gasteiger charge is -2.42. The van der Waals surface area contributed by atoms with Crippen LogP contribution in [-0.2, 0) is 27.4 Å². The smallest absolute Gasteiger partial charge is 0.314 e. The minimum absolute atomic E-state index is 0.0901. The standard InChI is InChI=1S/C27H37NO3/c1-6-30-25(29)26(4,5)27(20-31-27)24(17-21(2)3)28(18-22-13-9-7-10-14-22)19-23-15-11-8-12-16-23/h7-16,21,24H,6,17-20H2,1-5H3/t24-,27-/m0/s1. The van der Waals surface area contributed by atoms with Crippen molar-refractivity contribution in [2.24, 2.45) is 11.3 Å². The van der Waals surface area contributed by atoms with E-state index in [1.165, 1.54) is 11.1 Å². The number of carbonyl (C=O) groups excluding carboxylic acids is 1. The quantitative estimate of drug-likeness (QED) is 0.355. The van der Waals surface area contributed by atoms with Crippen LogP contribution in [-0.4, -0.2) is 35.7 Å². The fourth-order valence-electron chi connectivity index (χ4n) is 4.52. The SMILES string of the molecule is CCOC(=O)C(C)(C)[C@@]1([C@H](CC(C)C)N(Cc2ccccc2)Cc2ccccc2)CO1. The molecule has 0 N–H and O–H groups in total. The number of epoxide rings is 1. The number of rotatable bonds is 11. The molecule has 1 aliphatic heterocycles. The lowest BCUT2D eigenvalue weighted by Crippen LogP contribution is -2.56. The maximum atomic E-state index is 13.0. The van der Waals surface area contributed by atoms with Gasteiger partial charge in [-0.25, -0.2) is 0 Å². The summed E-state index contributed by atoms with van der Waals surface area (Å²) in [6, 6.07) is 21.2. The average molecular weight is 424 g/mol. The first kappa shape index (κ1) is 23.5. The lowest BCUT2D eigenvalue weighted by molar-refractivity contribution is -0.160. The van der Waals surface area contributed by atoms with Gasteiger partial charge >= 0.3 is 5.97 Å². The maximum absolute atomic E-state index is 13.0. The van der Waals surface area contributed by atoms with Crippen molar-refractivity contribution in [1.29, 1.82) is 0 Å². The monoisotopic (exact) mass is 423 g/mol. The highest BCUT2D eigenvalue weighted by molar-refractivity contribution is 5.78. The highest BCUT2D eigenvalue weighted by Crippen LogP contribution is 2.51. The third-order valence-corrected chi connectivity index (χ3v) is 6.43. The lowest BCUT2D eigenvalue weighted by atomic mass is 9.71. The number of benzene rings is 2. The van der Waals surface area contributed by atoms with Crippen molar-refractivity contribution in [2.75, 3.05) is 13.2 Å². The predicted molar refractivity (Wildman–Crippen MR) is 124 cm³/mol. The molecule has 0 radical (unpaired) electrons. The molecule has 2 aromatic rings. The van der Waals surface area contributed by atoms with Crippen LogP contribution in [0.5, 0.6) is 0 Å². The predicted octanol–water partition coefficient (Wildman–Crippen LogP) is 5.46. The molecule has 1 fully saturated rings. The summed E-state index contributed by atoms with van der Waals surface area (Å²) in [6.45, 7) is 12.9. The van der Waals surface area contributed by atoms with Crippen LogP contribution in [0.2, 0.25) is 0 Å². The molecule has 0 saturated carbocycles. The second-order valence-electron chi connectivity index (χ2n) is 9.55. The van der Waals surface area contributed by atoms with E-state index in [2.05, 4.69) is 67.3 Å². The van der Waals surface area contributed by atoms with Gasteiger partial charge in [-0.2, -0.15) is 0 Å². The van der Waals surface area contributed by atoms with Gasteiger partial charge in [0.2, 0.25) is 0 Å². The minimum atomic E-state index is -0.728. The van der Waals surface area contributed by atoms with Crippen molar-refractivity contribution in [3.05, 3.63) is 71.8 Å². The van der Waals surface area contributed by atoms with Gasteiger partial charge in [0.05, 0.1) is 18.6 Å². The van der Waals surface area contributed by atoms with E-state index >= 15 is 0 Å². The normalized spacial score (nSPS) is 19.5. The highest BCUT2D eigenvalue weighted by Gasteiger charge is 2.66. The molecule has 2 atom stereocenters. The number of ether oxygens (including phenoxy) is 2. The second-order valence-corrected chi connectivity index (χ2v) is 9.55. The van der Waals surface area contributed by atoms with Crippen molar-refractivity contribution in [3.8, 4) is 0 Å². The molecular formula is C27H37NO3. The molecule has 0 amide bonds. The van der Waals surface area contributed by atoms with Gasteiger partial charge < -0.3 is 9.47 Å². The average Bonchev–Trinajstić information content (AvgIpc) is 3.55. The molecule has 0 aliphatic carbocycles. The van der Waals surface area contributed by atoms with Gasteiger partial charge in [-0.3, -0.25) is 9.69 Å². The Labute approximate surface area is 187 Å². The van der Waals surface area contributed by atoms with E-state index < -0.39 is 11.0 Å². The van der Waals surface area contributed by atoms with E-state index in [1.54, 1.807) is 0 Å². The molecule has 3 rings (SSSR count). The van der Waals surface area contributed by atoms with E-state index in [0.717, 1.165) is 19.5 Å². The number of nitrogens with zero attached hydrogens (tertiary/aromatic N) is 1. The zero-order chi connectivity index (χ0) is 22.5. The Balaban J connectivity index is 1.99. The minimum Gasteiger partial charge on any atom is -0.465 e.